The van der Waals surface area contributed by atoms with Gasteiger partial charge in [-0.1, -0.05) is 0 Å². The summed E-state index contributed by atoms with van der Waals surface area (Å²) in [5, 5.41) is 3.27. The van der Waals surface area contributed by atoms with Crippen LogP contribution in [0.25, 0.3) is 0 Å². The van der Waals surface area contributed by atoms with E-state index in [1.54, 1.807) is 4.90 Å². The summed E-state index contributed by atoms with van der Waals surface area (Å²) < 4.78 is 39.3. The number of nitrogens with zero attached hydrogens (tertiary/aromatic N) is 1. The van der Waals surface area contributed by atoms with Gasteiger partial charge in [-0.2, -0.15) is 0 Å². The lowest BCUT2D eigenvalue weighted by Gasteiger charge is -2.22. The van der Waals surface area contributed by atoms with E-state index in [2.05, 4.69) is 5.32 Å². The average molecular weight is 321 g/mol. The third-order valence-corrected chi connectivity index (χ3v) is 4.29. The van der Waals surface area contributed by atoms with Crippen LogP contribution in [0, 0.1) is 22.9 Å². The van der Waals surface area contributed by atoms with Crippen LogP contribution in [0.1, 0.15) is 23.2 Å². The minimum absolute atomic E-state index is 0. The summed E-state index contributed by atoms with van der Waals surface area (Å²) in [6, 6.07) is 1.53. The number of benzene rings is 1. The molecule has 1 unspecified atom stereocenters. The summed E-state index contributed by atoms with van der Waals surface area (Å²) in [5.41, 5.74) is -0.0447. The van der Waals surface area contributed by atoms with E-state index in [-0.39, 0.29) is 23.4 Å². The Balaban J connectivity index is 0.00000161. The van der Waals surface area contributed by atoms with Gasteiger partial charge in [0.05, 0.1) is 0 Å². The monoisotopic (exact) mass is 320 g/mol. The molecule has 3 nitrogen and oxygen atoms in total. The molecule has 0 saturated carbocycles. The Bertz CT molecular complexity index is 538. The molecule has 1 aromatic rings. The molecule has 116 valence electrons. The van der Waals surface area contributed by atoms with Crippen LogP contribution in [-0.2, 0) is 0 Å². The fourth-order valence-electron chi connectivity index (χ4n) is 3.11. The molecule has 2 saturated heterocycles. The summed E-state index contributed by atoms with van der Waals surface area (Å²) in [4.78, 5) is 13.8. The van der Waals surface area contributed by atoms with E-state index in [1.807, 2.05) is 0 Å². The van der Waals surface area contributed by atoms with E-state index in [0.29, 0.717) is 13.1 Å². The van der Waals surface area contributed by atoms with Crippen LogP contribution in [-0.4, -0.2) is 37.0 Å². The van der Waals surface area contributed by atoms with Gasteiger partial charge in [-0.05, 0) is 31.5 Å². The second-order valence-corrected chi connectivity index (χ2v) is 5.66. The molecule has 0 radical (unpaired) electrons. The predicted molar refractivity (Wildman–Crippen MR) is 74.0 cm³/mol. The molecule has 2 heterocycles. The van der Waals surface area contributed by atoms with Gasteiger partial charge < -0.3 is 10.2 Å². The second kappa shape index (κ2) is 5.85. The van der Waals surface area contributed by atoms with Crippen LogP contribution in [0.15, 0.2) is 12.1 Å². The molecule has 0 aromatic heterocycles. The second-order valence-electron chi connectivity index (χ2n) is 5.66. The van der Waals surface area contributed by atoms with Crippen molar-refractivity contribution in [3.05, 3.63) is 35.1 Å². The van der Waals surface area contributed by atoms with Crippen molar-refractivity contribution < 1.29 is 18.0 Å². The molecule has 1 atom stereocenters. The molecule has 7 heteroatoms. The zero-order chi connectivity index (χ0) is 14.3. The lowest BCUT2D eigenvalue weighted by molar-refractivity contribution is 0.0774. The zero-order valence-electron chi connectivity index (χ0n) is 11.3. The largest absolute Gasteiger partial charge is 0.338 e. The number of nitrogens with one attached hydrogen (secondary N) is 1. The fraction of sp³-hybridized carbons (Fsp3) is 0.500. The van der Waals surface area contributed by atoms with Crippen LogP contribution in [0.5, 0.6) is 0 Å². The van der Waals surface area contributed by atoms with Gasteiger partial charge in [-0.15, -0.1) is 12.4 Å². The smallest absolute Gasteiger partial charge is 0.254 e. The van der Waals surface area contributed by atoms with Crippen molar-refractivity contribution >= 4 is 18.3 Å². The Kier molecular flexibility index (Phi) is 4.49. The van der Waals surface area contributed by atoms with Crippen molar-refractivity contribution in [1.82, 2.24) is 10.2 Å². The highest BCUT2D eigenvalue weighted by Gasteiger charge is 2.42. The fourth-order valence-corrected chi connectivity index (χ4v) is 3.11. The van der Waals surface area contributed by atoms with Gasteiger partial charge in [0.25, 0.3) is 5.91 Å². The number of hydrogen-bond acceptors (Lipinski definition) is 2. The number of carbonyl (C=O) groups excluding carboxylic acids is 1. The first kappa shape index (κ1) is 16.1. The molecule has 0 aliphatic carbocycles. The maximum atomic E-state index is 13.2. The van der Waals surface area contributed by atoms with Gasteiger partial charge in [-0.3, -0.25) is 4.79 Å². The van der Waals surface area contributed by atoms with Crippen LogP contribution in [0.2, 0.25) is 0 Å². The molecule has 0 bridgehead atoms. The van der Waals surface area contributed by atoms with E-state index in [0.717, 1.165) is 38.1 Å². The summed E-state index contributed by atoms with van der Waals surface area (Å²) in [6.45, 7) is 2.95. The van der Waals surface area contributed by atoms with Gasteiger partial charge >= 0.3 is 0 Å². The number of hydrogen-bond donors (Lipinski definition) is 1. The van der Waals surface area contributed by atoms with Gasteiger partial charge in [0, 0.05) is 30.6 Å². The Labute approximate surface area is 126 Å². The van der Waals surface area contributed by atoms with Crippen molar-refractivity contribution in [2.45, 2.75) is 12.8 Å². The van der Waals surface area contributed by atoms with Gasteiger partial charge in [-0.25, -0.2) is 13.2 Å². The van der Waals surface area contributed by atoms with Crippen LogP contribution in [0.4, 0.5) is 13.2 Å². The molecule has 2 aliphatic rings. The highest BCUT2D eigenvalue weighted by atomic mass is 35.5. The van der Waals surface area contributed by atoms with Crippen molar-refractivity contribution in [2.75, 3.05) is 26.2 Å². The van der Waals surface area contributed by atoms with E-state index in [4.69, 9.17) is 0 Å². The molecule has 1 spiro atoms. The number of amides is 1. The molecule has 3 rings (SSSR count). The van der Waals surface area contributed by atoms with Crippen LogP contribution < -0.4 is 5.32 Å². The maximum Gasteiger partial charge on any atom is 0.254 e. The van der Waals surface area contributed by atoms with Gasteiger partial charge in [0.2, 0.25) is 0 Å². The molecular weight excluding hydrogens is 305 g/mol. The Morgan fingerprint density at radius 2 is 1.86 bits per heavy atom. The quantitative estimate of drug-likeness (QED) is 0.806. The number of halogens is 4. The third kappa shape index (κ3) is 2.87. The minimum Gasteiger partial charge on any atom is -0.338 e. The minimum atomic E-state index is -1.54. The first-order chi connectivity index (χ1) is 9.51. The Morgan fingerprint density at radius 3 is 2.43 bits per heavy atom. The molecule has 1 aromatic carbocycles. The molecule has 1 amide bonds. The highest BCUT2D eigenvalue weighted by molar-refractivity contribution is 5.94. The average Bonchev–Trinajstić information content (AvgIpc) is 3.05. The molecular formula is C14H16ClF3N2O. The normalized spacial score (nSPS) is 24.4. The van der Waals surface area contributed by atoms with E-state index >= 15 is 0 Å². The molecule has 21 heavy (non-hydrogen) atoms. The van der Waals surface area contributed by atoms with Crippen LogP contribution >= 0.6 is 12.4 Å². The highest BCUT2D eigenvalue weighted by Crippen LogP contribution is 2.36. The molecule has 2 aliphatic heterocycles. The number of likely N-dealkylation sites (tertiary alicyclic amines) is 1. The maximum absolute atomic E-state index is 13.2. The molecule has 1 N–H and O–H groups in total. The van der Waals surface area contributed by atoms with E-state index in [1.165, 1.54) is 0 Å². The first-order valence-corrected chi connectivity index (χ1v) is 6.65. The SMILES string of the molecule is Cl.O=C(c1cc(F)c(F)c(F)c1)N1CCC2(CCNC2)C1. The lowest BCUT2D eigenvalue weighted by Crippen LogP contribution is -2.33. The number of rotatable bonds is 1. The third-order valence-electron chi connectivity index (χ3n) is 4.29. The predicted octanol–water partition coefficient (Wildman–Crippen LogP) is 2.35. The van der Waals surface area contributed by atoms with Gasteiger partial charge in [0.15, 0.2) is 17.5 Å². The topological polar surface area (TPSA) is 32.3 Å². The zero-order valence-corrected chi connectivity index (χ0v) is 12.1. The van der Waals surface area contributed by atoms with E-state index < -0.39 is 23.4 Å². The summed E-state index contributed by atoms with van der Waals surface area (Å²) in [5.74, 6) is -4.64. The summed E-state index contributed by atoms with van der Waals surface area (Å²) in [6.07, 6.45) is 1.89. The Hall–Kier alpha value is -1.27. The number of carbonyl (C=O) groups is 1. The van der Waals surface area contributed by atoms with Crippen LogP contribution in [0.3, 0.4) is 0 Å². The first-order valence-electron chi connectivity index (χ1n) is 6.65. The van der Waals surface area contributed by atoms with Crippen molar-refractivity contribution in [1.29, 1.82) is 0 Å². The lowest BCUT2D eigenvalue weighted by atomic mass is 9.86. The van der Waals surface area contributed by atoms with E-state index in [9.17, 15) is 18.0 Å². The van der Waals surface area contributed by atoms with Crippen molar-refractivity contribution in [2.24, 2.45) is 5.41 Å². The van der Waals surface area contributed by atoms with Gasteiger partial charge in [0.1, 0.15) is 0 Å². The Morgan fingerprint density at radius 1 is 1.19 bits per heavy atom. The van der Waals surface area contributed by atoms with Crippen molar-refractivity contribution in [3.8, 4) is 0 Å². The summed E-state index contributed by atoms with van der Waals surface area (Å²) in [7, 11) is 0. The summed E-state index contributed by atoms with van der Waals surface area (Å²) >= 11 is 0. The standard InChI is InChI=1S/C14H15F3N2O.ClH/c15-10-5-9(6-11(16)12(10)17)13(20)19-4-2-14(8-19)1-3-18-7-14;/h5-6,18H,1-4,7-8H2;1H. The molecule has 2 fully saturated rings. The van der Waals surface area contributed by atoms with Crippen molar-refractivity contribution in [3.63, 3.8) is 0 Å².